The number of hydrogen-bond donors (Lipinski definition) is 2. The fourth-order valence-electron chi connectivity index (χ4n) is 3.82. The minimum atomic E-state index is -0.711. The molecule has 0 atom stereocenters. The van der Waals surface area contributed by atoms with Crippen molar-refractivity contribution >= 4 is 34.6 Å². The van der Waals surface area contributed by atoms with Crippen LogP contribution in [0.15, 0.2) is 81.5 Å². The standard InChI is InChI=1S/C30H34N2O7/c1-3-32(4-2)25-13-12-24-20-26(30(36)39-27(24)21-25)28(34)31-15-17-37-18-19-38-29(35)23(14-16-33)11-10-22-8-6-5-7-9-22/h5-14,20-21,33H,3-4,15-19H2,1-2H3,(H,31,34). The van der Waals surface area contributed by atoms with Gasteiger partial charge in [-0.15, -0.1) is 0 Å². The average molecular weight is 535 g/mol. The highest BCUT2D eigenvalue weighted by atomic mass is 16.6. The lowest BCUT2D eigenvalue weighted by molar-refractivity contribution is -0.140. The van der Waals surface area contributed by atoms with Gasteiger partial charge in [-0.1, -0.05) is 36.4 Å². The Balaban J connectivity index is 1.42. The third-order valence-electron chi connectivity index (χ3n) is 5.89. The van der Waals surface area contributed by atoms with Gasteiger partial charge in [0.15, 0.2) is 0 Å². The molecule has 0 aliphatic heterocycles. The number of ether oxygens (including phenoxy) is 2. The summed E-state index contributed by atoms with van der Waals surface area (Å²) in [5.41, 5.74) is 1.71. The van der Waals surface area contributed by atoms with Crippen molar-refractivity contribution in [2.75, 3.05) is 51.0 Å². The van der Waals surface area contributed by atoms with Gasteiger partial charge in [-0.3, -0.25) is 4.79 Å². The number of carbonyl (C=O) groups is 2. The molecule has 2 aromatic carbocycles. The van der Waals surface area contributed by atoms with E-state index in [9.17, 15) is 19.5 Å². The highest BCUT2D eigenvalue weighted by molar-refractivity contribution is 5.97. The average Bonchev–Trinajstić information content (AvgIpc) is 2.95. The van der Waals surface area contributed by atoms with Gasteiger partial charge in [0.25, 0.3) is 5.91 Å². The molecule has 0 saturated heterocycles. The molecule has 3 rings (SSSR count). The first kappa shape index (κ1) is 29.3. The van der Waals surface area contributed by atoms with E-state index in [1.54, 1.807) is 18.2 Å². The quantitative estimate of drug-likeness (QED) is 0.106. The number of rotatable bonds is 14. The second-order valence-corrected chi connectivity index (χ2v) is 8.43. The lowest BCUT2D eigenvalue weighted by Crippen LogP contribution is -2.31. The summed E-state index contributed by atoms with van der Waals surface area (Å²) in [7, 11) is 0. The number of anilines is 1. The van der Waals surface area contributed by atoms with E-state index in [0.717, 1.165) is 24.3 Å². The number of fused-ring (bicyclic) bond motifs is 1. The van der Waals surface area contributed by atoms with Gasteiger partial charge in [0, 0.05) is 36.8 Å². The summed E-state index contributed by atoms with van der Waals surface area (Å²) in [5, 5.41) is 12.5. The number of nitrogens with zero attached hydrogens (tertiary/aromatic N) is 1. The summed E-state index contributed by atoms with van der Waals surface area (Å²) < 4.78 is 16.0. The minimum absolute atomic E-state index is 0.00152. The van der Waals surface area contributed by atoms with Crippen LogP contribution in [0.25, 0.3) is 17.0 Å². The summed E-state index contributed by atoms with van der Waals surface area (Å²) in [5.74, 6) is -1.14. The zero-order chi connectivity index (χ0) is 28.0. The van der Waals surface area contributed by atoms with Crippen molar-refractivity contribution in [1.82, 2.24) is 5.32 Å². The van der Waals surface area contributed by atoms with E-state index in [0.29, 0.717) is 11.0 Å². The van der Waals surface area contributed by atoms with Crippen LogP contribution < -0.4 is 15.8 Å². The maximum atomic E-state index is 12.5. The lowest BCUT2D eigenvalue weighted by atomic mass is 10.1. The zero-order valence-corrected chi connectivity index (χ0v) is 22.2. The molecule has 2 N–H and O–H groups in total. The number of carbonyl (C=O) groups excluding carboxylic acids is 2. The van der Waals surface area contributed by atoms with Crippen molar-refractivity contribution in [3.8, 4) is 0 Å². The van der Waals surface area contributed by atoms with Crippen molar-refractivity contribution in [2.24, 2.45) is 0 Å². The smallest absolute Gasteiger partial charge is 0.349 e. The molecular formula is C30H34N2O7. The van der Waals surface area contributed by atoms with E-state index < -0.39 is 17.5 Å². The molecule has 0 unspecified atom stereocenters. The van der Waals surface area contributed by atoms with Gasteiger partial charge >= 0.3 is 11.6 Å². The summed E-state index contributed by atoms with van der Waals surface area (Å²) in [4.78, 5) is 39.4. The second-order valence-electron chi connectivity index (χ2n) is 8.43. The van der Waals surface area contributed by atoms with Crippen molar-refractivity contribution < 1.29 is 28.6 Å². The molecule has 0 spiro atoms. The van der Waals surface area contributed by atoms with E-state index >= 15 is 0 Å². The number of aliphatic hydroxyl groups is 1. The normalized spacial score (nSPS) is 11.6. The molecule has 9 heteroatoms. The van der Waals surface area contributed by atoms with Crippen molar-refractivity contribution in [3.05, 3.63) is 93.9 Å². The Kier molecular flexibility index (Phi) is 11.5. The van der Waals surface area contributed by atoms with Crippen molar-refractivity contribution in [1.29, 1.82) is 0 Å². The molecular weight excluding hydrogens is 500 g/mol. The van der Waals surface area contributed by atoms with Crippen LogP contribution in [0.3, 0.4) is 0 Å². The Morgan fingerprint density at radius 1 is 1.03 bits per heavy atom. The molecule has 0 aliphatic rings. The second kappa shape index (κ2) is 15.3. The Morgan fingerprint density at radius 2 is 1.79 bits per heavy atom. The van der Waals surface area contributed by atoms with E-state index in [2.05, 4.69) is 10.2 Å². The Labute approximate surface area is 227 Å². The topological polar surface area (TPSA) is 118 Å². The summed E-state index contributed by atoms with van der Waals surface area (Å²) >= 11 is 0. The Bertz CT molecular complexity index is 1360. The van der Waals surface area contributed by atoms with E-state index in [-0.39, 0.29) is 44.1 Å². The summed E-state index contributed by atoms with van der Waals surface area (Å²) in [6.07, 6.45) is 4.70. The van der Waals surface area contributed by atoms with Crippen LogP contribution in [0.1, 0.15) is 29.8 Å². The highest BCUT2D eigenvalue weighted by Gasteiger charge is 2.14. The first-order valence-corrected chi connectivity index (χ1v) is 12.9. The monoisotopic (exact) mass is 534 g/mol. The molecule has 1 aromatic heterocycles. The molecule has 3 aromatic rings. The molecule has 206 valence electrons. The van der Waals surface area contributed by atoms with Crippen LogP contribution in [0.2, 0.25) is 0 Å². The molecule has 1 amide bonds. The van der Waals surface area contributed by atoms with Gasteiger partial charge in [-0.05, 0) is 49.8 Å². The molecule has 39 heavy (non-hydrogen) atoms. The van der Waals surface area contributed by atoms with Crippen LogP contribution in [0.5, 0.6) is 0 Å². The number of amides is 1. The van der Waals surface area contributed by atoms with Crippen LogP contribution in [-0.2, 0) is 14.3 Å². The number of benzene rings is 2. The first-order chi connectivity index (χ1) is 19.0. The van der Waals surface area contributed by atoms with Gasteiger partial charge in [0.2, 0.25) is 0 Å². The first-order valence-electron chi connectivity index (χ1n) is 12.9. The van der Waals surface area contributed by atoms with Gasteiger partial charge < -0.3 is 29.2 Å². The van der Waals surface area contributed by atoms with Crippen molar-refractivity contribution in [3.63, 3.8) is 0 Å². The van der Waals surface area contributed by atoms with E-state index in [4.69, 9.17) is 13.9 Å². The molecule has 0 bridgehead atoms. The predicted molar refractivity (Wildman–Crippen MR) is 151 cm³/mol. The fraction of sp³-hybridized carbons (Fsp3) is 0.300. The largest absolute Gasteiger partial charge is 0.460 e. The highest BCUT2D eigenvalue weighted by Crippen LogP contribution is 2.22. The molecule has 9 nitrogen and oxygen atoms in total. The predicted octanol–water partition coefficient (Wildman–Crippen LogP) is 3.56. The molecule has 0 aliphatic carbocycles. The number of esters is 1. The molecule has 0 radical (unpaired) electrons. The van der Waals surface area contributed by atoms with Gasteiger partial charge in [-0.2, -0.15) is 0 Å². The van der Waals surface area contributed by atoms with Gasteiger partial charge in [-0.25, -0.2) is 9.59 Å². The van der Waals surface area contributed by atoms with E-state index in [1.807, 2.05) is 56.3 Å². The van der Waals surface area contributed by atoms with Crippen LogP contribution in [0, 0.1) is 0 Å². The van der Waals surface area contributed by atoms with Crippen LogP contribution >= 0.6 is 0 Å². The van der Waals surface area contributed by atoms with E-state index in [1.165, 1.54) is 12.1 Å². The maximum absolute atomic E-state index is 12.5. The van der Waals surface area contributed by atoms with Crippen LogP contribution in [-0.4, -0.2) is 63.0 Å². The Hall–Kier alpha value is -4.21. The Morgan fingerprint density at radius 3 is 2.51 bits per heavy atom. The fourth-order valence-corrected chi connectivity index (χ4v) is 3.82. The zero-order valence-electron chi connectivity index (χ0n) is 22.2. The van der Waals surface area contributed by atoms with Gasteiger partial charge in [0.05, 0.1) is 25.4 Å². The maximum Gasteiger partial charge on any atom is 0.349 e. The number of aliphatic hydroxyl groups excluding tert-OH is 1. The number of hydrogen-bond acceptors (Lipinski definition) is 8. The third kappa shape index (κ3) is 8.66. The molecule has 1 heterocycles. The number of nitrogens with one attached hydrogen (secondary N) is 1. The minimum Gasteiger partial charge on any atom is -0.460 e. The summed E-state index contributed by atoms with van der Waals surface area (Å²) in [6.45, 7) is 5.87. The van der Waals surface area contributed by atoms with Crippen LogP contribution in [0.4, 0.5) is 5.69 Å². The van der Waals surface area contributed by atoms with Crippen molar-refractivity contribution in [2.45, 2.75) is 13.8 Å². The van der Waals surface area contributed by atoms with Gasteiger partial charge in [0.1, 0.15) is 17.8 Å². The SMILES string of the molecule is CCN(CC)c1ccc2cc(C(=O)NCCOCCOC(=O)C(C=Cc3ccccc3)=CCO)c(=O)oc2c1. The molecule has 0 fully saturated rings. The molecule has 0 saturated carbocycles. The summed E-state index contributed by atoms with van der Waals surface area (Å²) in [6, 6.07) is 16.5. The third-order valence-corrected chi connectivity index (χ3v) is 5.89. The lowest BCUT2D eigenvalue weighted by Gasteiger charge is -2.21.